The summed E-state index contributed by atoms with van der Waals surface area (Å²) in [5.74, 6) is -0.0408. The van der Waals surface area contributed by atoms with Crippen molar-refractivity contribution in [1.29, 1.82) is 0 Å². The lowest BCUT2D eigenvalue weighted by atomic mass is 9.93. The molecule has 0 saturated heterocycles. The largest absolute Gasteiger partial charge is 0.345 e. The van der Waals surface area contributed by atoms with E-state index in [1.165, 1.54) is 0 Å². The molecular weight excluding hydrogens is 238 g/mol. The van der Waals surface area contributed by atoms with E-state index in [4.69, 9.17) is 17.3 Å². The Morgan fingerprint density at radius 1 is 1.59 bits per heavy atom. The van der Waals surface area contributed by atoms with Crippen molar-refractivity contribution < 1.29 is 4.79 Å². The number of nitrogens with zero attached hydrogens (tertiary/aromatic N) is 2. The van der Waals surface area contributed by atoms with Gasteiger partial charge in [0.25, 0.3) is 5.91 Å². The Balaban J connectivity index is 2.80. The van der Waals surface area contributed by atoms with Crippen molar-refractivity contribution in [2.24, 2.45) is 18.2 Å². The zero-order valence-corrected chi connectivity index (χ0v) is 11.6. The number of aromatic nitrogens is 1. The van der Waals surface area contributed by atoms with Gasteiger partial charge < -0.3 is 15.2 Å². The zero-order valence-electron chi connectivity index (χ0n) is 10.8. The summed E-state index contributed by atoms with van der Waals surface area (Å²) in [7, 11) is 3.58. The molecule has 17 heavy (non-hydrogen) atoms. The molecule has 1 rings (SSSR count). The first-order chi connectivity index (χ1) is 7.76. The molecule has 1 aromatic rings. The van der Waals surface area contributed by atoms with Crippen LogP contribution in [-0.2, 0) is 7.05 Å². The highest BCUT2D eigenvalue weighted by Gasteiger charge is 2.23. The first kappa shape index (κ1) is 14.1. The predicted molar refractivity (Wildman–Crippen MR) is 70.2 cm³/mol. The maximum atomic E-state index is 12.2. The van der Waals surface area contributed by atoms with Gasteiger partial charge in [-0.1, -0.05) is 25.4 Å². The van der Waals surface area contributed by atoms with Crippen LogP contribution in [0.25, 0.3) is 0 Å². The fourth-order valence-corrected chi connectivity index (χ4v) is 1.96. The number of amides is 1. The van der Waals surface area contributed by atoms with Crippen LogP contribution in [0.1, 0.15) is 24.3 Å². The van der Waals surface area contributed by atoms with Gasteiger partial charge in [-0.2, -0.15) is 0 Å². The molecular formula is C12H20ClN3O. The third-order valence-corrected chi connectivity index (χ3v) is 2.96. The van der Waals surface area contributed by atoms with Crippen LogP contribution in [0, 0.1) is 5.41 Å². The molecule has 0 atom stereocenters. The molecule has 0 bridgehead atoms. The van der Waals surface area contributed by atoms with Gasteiger partial charge in [0, 0.05) is 26.8 Å². The molecule has 1 amide bonds. The average molecular weight is 258 g/mol. The molecule has 96 valence electrons. The normalized spacial score (nSPS) is 11.6. The van der Waals surface area contributed by atoms with Crippen molar-refractivity contribution in [3.63, 3.8) is 0 Å². The van der Waals surface area contributed by atoms with Crippen molar-refractivity contribution in [3.8, 4) is 0 Å². The fourth-order valence-electron chi connectivity index (χ4n) is 1.71. The van der Waals surface area contributed by atoms with E-state index < -0.39 is 0 Å². The first-order valence-electron chi connectivity index (χ1n) is 5.54. The molecule has 0 aliphatic heterocycles. The Bertz CT molecular complexity index is 412. The van der Waals surface area contributed by atoms with Crippen LogP contribution in [0.4, 0.5) is 0 Å². The predicted octanol–water partition coefficient (Wildman–Crippen LogP) is 1.74. The Kier molecular flexibility index (Phi) is 4.22. The number of carbonyl (C=O) groups excluding carboxylic acids is 1. The van der Waals surface area contributed by atoms with E-state index in [9.17, 15) is 4.79 Å². The maximum absolute atomic E-state index is 12.2. The first-order valence-corrected chi connectivity index (χ1v) is 5.92. The highest BCUT2D eigenvalue weighted by molar-refractivity contribution is 6.31. The fraction of sp³-hybridized carbons (Fsp3) is 0.583. The third-order valence-electron chi connectivity index (χ3n) is 2.76. The molecule has 0 aliphatic carbocycles. The van der Waals surface area contributed by atoms with Gasteiger partial charge in [-0.15, -0.1) is 0 Å². The van der Waals surface area contributed by atoms with Crippen LogP contribution in [0.2, 0.25) is 5.02 Å². The summed E-state index contributed by atoms with van der Waals surface area (Å²) in [4.78, 5) is 13.9. The zero-order chi connectivity index (χ0) is 13.2. The molecule has 1 heterocycles. The Hall–Kier alpha value is -1.00. The van der Waals surface area contributed by atoms with Gasteiger partial charge in [-0.05, 0) is 18.0 Å². The standard InChI is InChI=1S/C12H20ClN3O/c1-12(2,7-14)8-16(4)11(17)10-5-9(13)6-15(10)3/h5-6H,7-8,14H2,1-4H3. The molecule has 2 N–H and O–H groups in total. The summed E-state index contributed by atoms with van der Waals surface area (Å²) < 4.78 is 1.73. The number of rotatable bonds is 4. The van der Waals surface area contributed by atoms with Crippen molar-refractivity contribution in [2.45, 2.75) is 13.8 Å². The number of halogens is 1. The molecule has 0 aliphatic rings. The minimum atomic E-state index is -0.0840. The number of hydrogen-bond donors (Lipinski definition) is 1. The summed E-state index contributed by atoms with van der Waals surface area (Å²) in [6.07, 6.45) is 1.72. The van der Waals surface area contributed by atoms with Gasteiger partial charge in [-0.3, -0.25) is 4.79 Å². The van der Waals surface area contributed by atoms with Gasteiger partial charge in [0.1, 0.15) is 5.69 Å². The van der Waals surface area contributed by atoms with E-state index >= 15 is 0 Å². The smallest absolute Gasteiger partial charge is 0.270 e. The molecule has 0 aromatic carbocycles. The minimum absolute atomic E-state index is 0.0408. The topological polar surface area (TPSA) is 51.3 Å². The van der Waals surface area contributed by atoms with E-state index in [-0.39, 0.29) is 11.3 Å². The van der Waals surface area contributed by atoms with Crippen LogP contribution in [0.15, 0.2) is 12.3 Å². The van der Waals surface area contributed by atoms with Crippen molar-refractivity contribution in [2.75, 3.05) is 20.1 Å². The minimum Gasteiger partial charge on any atom is -0.345 e. The second-order valence-electron chi connectivity index (χ2n) is 5.18. The number of hydrogen-bond acceptors (Lipinski definition) is 2. The van der Waals surface area contributed by atoms with E-state index in [1.807, 2.05) is 13.8 Å². The Labute approximate surface area is 107 Å². The van der Waals surface area contributed by atoms with Crippen LogP contribution < -0.4 is 5.73 Å². The SMILES string of the molecule is CN(CC(C)(C)CN)C(=O)c1cc(Cl)cn1C. The monoisotopic (exact) mass is 257 g/mol. The molecule has 0 spiro atoms. The second-order valence-corrected chi connectivity index (χ2v) is 5.62. The lowest BCUT2D eigenvalue weighted by molar-refractivity contribution is 0.0731. The molecule has 0 saturated carbocycles. The van der Waals surface area contributed by atoms with Gasteiger partial charge in [0.05, 0.1) is 5.02 Å². The molecule has 0 radical (unpaired) electrons. The van der Waals surface area contributed by atoms with Crippen molar-refractivity contribution >= 4 is 17.5 Å². The van der Waals surface area contributed by atoms with Crippen LogP contribution in [-0.4, -0.2) is 35.5 Å². The van der Waals surface area contributed by atoms with Gasteiger partial charge in [-0.25, -0.2) is 0 Å². The van der Waals surface area contributed by atoms with Crippen LogP contribution >= 0.6 is 11.6 Å². The summed E-state index contributed by atoms with van der Waals surface area (Å²) in [6.45, 7) is 5.23. The van der Waals surface area contributed by atoms with Crippen LogP contribution in [0.5, 0.6) is 0 Å². The maximum Gasteiger partial charge on any atom is 0.270 e. The summed E-state index contributed by atoms with van der Waals surface area (Å²) >= 11 is 5.86. The summed E-state index contributed by atoms with van der Waals surface area (Å²) in [5.41, 5.74) is 6.17. The highest BCUT2D eigenvalue weighted by atomic mass is 35.5. The van der Waals surface area contributed by atoms with E-state index in [2.05, 4.69) is 0 Å². The third kappa shape index (κ3) is 3.48. The molecule has 0 fully saturated rings. The molecule has 0 unspecified atom stereocenters. The van der Waals surface area contributed by atoms with Gasteiger partial charge in [0.15, 0.2) is 0 Å². The van der Waals surface area contributed by atoms with E-state index in [1.54, 1.807) is 35.8 Å². The Morgan fingerprint density at radius 3 is 2.59 bits per heavy atom. The van der Waals surface area contributed by atoms with E-state index in [0.29, 0.717) is 23.8 Å². The number of aryl methyl sites for hydroxylation is 1. The Morgan fingerprint density at radius 2 is 2.18 bits per heavy atom. The second kappa shape index (κ2) is 5.10. The van der Waals surface area contributed by atoms with Crippen molar-refractivity contribution in [1.82, 2.24) is 9.47 Å². The number of nitrogens with two attached hydrogens (primary N) is 1. The van der Waals surface area contributed by atoms with Gasteiger partial charge in [0.2, 0.25) is 0 Å². The summed E-state index contributed by atoms with van der Waals surface area (Å²) in [5, 5.41) is 0.572. The molecule has 1 aromatic heterocycles. The number of carbonyl (C=O) groups is 1. The van der Waals surface area contributed by atoms with Crippen molar-refractivity contribution in [3.05, 3.63) is 23.0 Å². The van der Waals surface area contributed by atoms with Gasteiger partial charge >= 0.3 is 0 Å². The van der Waals surface area contributed by atoms with E-state index in [0.717, 1.165) is 0 Å². The quantitative estimate of drug-likeness (QED) is 0.893. The molecule has 5 heteroatoms. The lowest BCUT2D eigenvalue weighted by Crippen LogP contribution is -2.40. The summed E-state index contributed by atoms with van der Waals surface area (Å²) in [6, 6.07) is 1.68. The lowest BCUT2D eigenvalue weighted by Gasteiger charge is -2.29. The average Bonchev–Trinajstić information content (AvgIpc) is 2.56. The molecule has 4 nitrogen and oxygen atoms in total. The van der Waals surface area contributed by atoms with Crippen LogP contribution in [0.3, 0.4) is 0 Å². The highest BCUT2D eigenvalue weighted by Crippen LogP contribution is 2.18.